The highest BCUT2D eigenvalue weighted by Gasteiger charge is 2.37. The van der Waals surface area contributed by atoms with Crippen molar-refractivity contribution in [2.24, 2.45) is 0 Å². The maximum Gasteiger partial charge on any atom is 0.337 e. The quantitative estimate of drug-likeness (QED) is 0.104. The second kappa shape index (κ2) is 15.2. The van der Waals surface area contributed by atoms with Crippen molar-refractivity contribution >= 4 is 47.2 Å². The number of nitrogens with zero attached hydrogens (tertiary/aromatic N) is 1. The molecule has 0 saturated carbocycles. The van der Waals surface area contributed by atoms with Crippen LogP contribution in [-0.2, 0) is 27.5 Å². The molecule has 4 amide bonds. The summed E-state index contributed by atoms with van der Waals surface area (Å²) >= 11 is 6.64. The van der Waals surface area contributed by atoms with Gasteiger partial charge in [-0.15, -0.1) is 0 Å². The van der Waals surface area contributed by atoms with Gasteiger partial charge in [-0.2, -0.15) is 0 Å². The molecule has 12 heteroatoms. The molecule has 4 aromatic rings. The molecule has 5 rings (SSSR count). The third-order valence-corrected chi connectivity index (χ3v) is 7.42. The van der Waals surface area contributed by atoms with E-state index in [2.05, 4.69) is 10.1 Å². The van der Waals surface area contributed by atoms with Crippen molar-refractivity contribution in [1.82, 2.24) is 5.32 Å². The molecular formula is C36H31ClN2O9. The third kappa shape index (κ3) is 7.59. The second-order valence-electron chi connectivity index (χ2n) is 10.3. The average molecular weight is 671 g/mol. The average Bonchev–Trinajstić information content (AvgIpc) is 3.09. The van der Waals surface area contributed by atoms with Gasteiger partial charge < -0.3 is 23.7 Å². The van der Waals surface area contributed by atoms with Gasteiger partial charge in [0.05, 0.1) is 37.1 Å². The van der Waals surface area contributed by atoms with Gasteiger partial charge in [0, 0.05) is 0 Å². The molecule has 1 aliphatic rings. The molecule has 0 spiro atoms. The molecule has 1 fully saturated rings. The molecule has 1 aliphatic heterocycles. The van der Waals surface area contributed by atoms with Gasteiger partial charge in [-0.3, -0.25) is 14.9 Å². The number of carbonyl (C=O) groups excluding carboxylic acids is 4. The number of benzene rings is 4. The zero-order valence-corrected chi connectivity index (χ0v) is 27.0. The molecule has 1 saturated heterocycles. The second-order valence-corrected chi connectivity index (χ2v) is 10.7. The van der Waals surface area contributed by atoms with Crippen LogP contribution in [0.3, 0.4) is 0 Å². The highest BCUT2D eigenvalue weighted by atomic mass is 35.5. The van der Waals surface area contributed by atoms with Crippen molar-refractivity contribution in [2.45, 2.75) is 20.1 Å². The fourth-order valence-corrected chi connectivity index (χ4v) is 5.08. The lowest BCUT2D eigenvalue weighted by Gasteiger charge is -2.26. The first-order valence-electron chi connectivity index (χ1n) is 14.7. The SMILES string of the molecule is CCOc1cc(/C=C2/C(=O)NC(=O)N(c3ccc(C(=O)OC)cc3)C2=O)cc(Cl)c1OCc1ccc(OCc2ccccc2)c(OC)c1. The summed E-state index contributed by atoms with van der Waals surface area (Å²) in [5.74, 6) is -0.681. The molecule has 0 aliphatic carbocycles. The Hall–Kier alpha value is -5.81. The fourth-order valence-electron chi connectivity index (χ4n) is 4.81. The van der Waals surface area contributed by atoms with Crippen LogP contribution in [-0.4, -0.2) is 44.6 Å². The van der Waals surface area contributed by atoms with Crippen LogP contribution in [0.1, 0.15) is 34.0 Å². The number of hydrogen-bond acceptors (Lipinski definition) is 9. The van der Waals surface area contributed by atoms with Crippen LogP contribution in [0.4, 0.5) is 10.5 Å². The Morgan fingerprint density at radius 2 is 1.54 bits per heavy atom. The normalized spacial score (nSPS) is 13.6. The summed E-state index contributed by atoms with van der Waals surface area (Å²) in [6, 6.07) is 23.0. The van der Waals surface area contributed by atoms with Gasteiger partial charge in [-0.05, 0) is 78.2 Å². The minimum atomic E-state index is -0.933. The summed E-state index contributed by atoms with van der Waals surface area (Å²) in [4.78, 5) is 51.4. The summed E-state index contributed by atoms with van der Waals surface area (Å²) < 4.78 is 28.1. The van der Waals surface area contributed by atoms with Gasteiger partial charge in [0.1, 0.15) is 18.8 Å². The fraction of sp³-hybridized carbons (Fsp3) is 0.167. The molecule has 1 heterocycles. The van der Waals surface area contributed by atoms with Crippen molar-refractivity contribution in [1.29, 1.82) is 0 Å². The monoisotopic (exact) mass is 670 g/mol. The number of rotatable bonds is 12. The Labute approximate surface area is 281 Å². The maximum atomic E-state index is 13.4. The molecule has 48 heavy (non-hydrogen) atoms. The number of hydrogen-bond donors (Lipinski definition) is 1. The van der Waals surface area contributed by atoms with E-state index in [1.54, 1.807) is 32.2 Å². The van der Waals surface area contributed by atoms with Crippen molar-refractivity contribution < 1.29 is 42.9 Å². The zero-order valence-electron chi connectivity index (χ0n) is 26.3. The minimum Gasteiger partial charge on any atom is -0.493 e. The van der Waals surface area contributed by atoms with E-state index in [0.29, 0.717) is 23.7 Å². The van der Waals surface area contributed by atoms with Crippen LogP contribution in [0.5, 0.6) is 23.0 Å². The largest absolute Gasteiger partial charge is 0.493 e. The van der Waals surface area contributed by atoms with Crippen LogP contribution < -0.4 is 29.2 Å². The lowest BCUT2D eigenvalue weighted by Crippen LogP contribution is -2.54. The van der Waals surface area contributed by atoms with Gasteiger partial charge in [0.25, 0.3) is 11.8 Å². The lowest BCUT2D eigenvalue weighted by molar-refractivity contribution is -0.122. The number of carbonyl (C=O) groups is 4. The Morgan fingerprint density at radius 1 is 0.812 bits per heavy atom. The van der Waals surface area contributed by atoms with E-state index in [1.807, 2.05) is 36.4 Å². The number of halogens is 1. The smallest absolute Gasteiger partial charge is 0.337 e. The van der Waals surface area contributed by atoms with Crippen LogP contribution in [0.15, 0.2) is 90.5 Å². The number of anilines is 1. The summed E-state index contributed by atoms with van der Waals surface area (Å²) in [6.45, 7) is 2.56. The number of amides is 4. The summed E-state index contributed by atoms with van der Waals surface area (Å²) in [5, 5.41) is 2.33. The summed E-state index contributed by atoms with van der Waals surface area (Å²) in [6.07, 6.45) is 1.30. The predicted octanol–water partition coefficient (Wildman–Crippen LogP) is 6.36. The number of barbiturate groups is 1. The van der Waals surface area contributed by atoms with E-state index >= 15 is 0 Å². The van der Waals surface area contributed by atoms with E-state index in [9.17, 15) is 19.2 Å². The molecule has 0 aromatic heterocycles. The molecular weight excluding hydrogens is 640 g/mol. The van der Waals surface area contributed by atoms with Gasteiger partial charge in [0.15, 0.2) is 23.0 Å². The molecule has 11 nitrogen and oxygen atoms in total. The van der Waals surface area contributed by atoms with Crippen molar-refractivity contribution in [3.63, 3.8) is 0 Å². The Balaban J connectivity index is 1.35. The van der Waals surface area contributed by atoms with E-state index in [4.69, 9.17) is 30.5 Å². The molecule has 0 unspecified atom stereocenters. The van der Waals surface area contributed by atoms with Crippen LogP contribution in [0.2, 0.25) is 5.02 Å². The van der Waals surface area contributed by atoms with Crippen LogP contribution in [0, 0.1) is 0 Å². The predicted molar refractivity (Wildman–Crippen MR) is 178 cm³/mol. The lowest BCUT2D eigenvalue weighted by atomic mass is 10.1. The van der Waals surface area contributed by atoms with Crippen LogP contribution in [0.25, 0.3) is 6.08 Å². The van der Waals surface area contributed by atoms with Gasteiger partial charge in [0.2, 0.25) is 0 Å². The van der Waals surface area contributed by atoms with Gasteiger partial charge >= 0.3 is 12.0 Å². The Kier molecular flexibility index (Phi) is 10.6. The van der Waals surface area contributed by atoms with Crippen LogP contribution >= 0.6 is 11.6 Å². The van der Waals surface area contributed by atoms with E-state index in [1.165, 1.54) is 43.5 Å². The minimum absolute atomic E-state index is 0.113. The van der Waals surface area contributed by atoms with E-state index in [0.717, 1.165) is 16.0 Å². The van der Waals surface area contributed by atoms with Gasteiger partial charge in [-0.25, -0.2) is 14.5 Å². The first kappa shape index (κ1) is 33.6. The maximum absolute atomic E-state index is 13.4. The molecule has 4 aromatic carbocycles. The summed E-state index contributed by atoms with van der Waals surface area (Å²) in [7, 11) is 2.79. The highest BCUT2D eigenvalue weighted by molar-refractivity contribution is 6.39. The molecule has 246 valence electrons. The summed E-state index contributed by atoms with van der Waals surface area (Å²) in [5.41, 5.74) is 2.20. The topological polar surface area (TPSA) is 130 Å². The number of ether oxygens (including phenoxy) is 5. The first-order valence-corrected chi connectivity index (χ1v) is 15.1. The third-order valence-electron chi connectivity index (χ3n) is 7.14. The number of methoxy groups -OCH3 is 2. The van der Waals surface area contributed by atoms with E-state index in [-0.39, 0.29) is 46.6 Å². The Bertz CT molecular complexity index is 1870. The number of esters is 1. The Morgan fingerprint density at radius 3 is 2.23 bits per heavy atom. The number of imide groups is 2. The molecule has 0 atom stereocenters. The highest BCUT2D eigenvalue weighted by Crippen LogP contribution is 2.39. The van der Waals surface area contributed by atoms with Crippen molar-refractivity contribution in [3.8, 4) is 23.0 Å². The van der Waals surface area contributed by atoms with Gasteiger partial charge in [-0.1, -0.05) is 48.0 Å². The number of nitrogens with one attached hydrogen (secondary N) is 1. The first-order chi connectivity index (χ1) is 23.2. The molecule has 1 N–H and O–H groups in total. The number of urea groups is 1. The van der Waals surface area contributed by atoms with Crippen molar-refractivity contribution in [2.75, 3.05) is 25.7 Å². The van der Waals surface area contributed by atoms with E-state index < -0.39 is 23.8 Å². The van der Waals surface area contributed by atoms with Crippen molar-refractivity contribution in [3.05, 3.63) is 118 Å². The molecule has 0 radical (unpaired) electrons. The standard InChI is InChI=1S/C36H31ClN2O9/c1-4-46-31-19-24(16-27-33(40)38-36(43)39(34(27)41)26-13-11-25(12-14-26)35(42)45-3)17-28(37)32(31)48-21-23-10-15-29(30(18-23)44-2)47-20-22-8-6-5-7-9-22/h5-19H,4,20-21H2,1-3H3,(H,38,40,43)/b27-16-. The zero-order chi connectivity index (χ0) is 34.2. The molecule has 0 bridgehead atoms.